The number of hydrogen-bond donors (Lipinski definition) is 2. The molecule has 144 valence electrons. The second-order valence-electron chi connectivity index (χ2n) is 6.80. The zero-order valence-corrected chi connectivity index (χ0v) is 16.2. The predicted octanol–water partition coefficient (Wildman–Crippen LogP) is 2.96. The number of H-pyrrole nitrogens is 1. The number of benzene rings is 2. The van der Waals surface area contributed by atoms with E-state index in [4.69, 9.17) is 0 Å². The number of aromatic amines is 1. The molecular formula is C21H22N4O2S. The van der Waals surface area contributed by atoms with Crippen LogP contribution in [0.15, 0.2) is 59.8 Å². The summed E-state index contributed by atoms with van der Waals surface area (Å²) in [5.41, 5.74) is 2.89. The Balaban J connectivity index is 1.33. The number of carbonyl (C=O) groups excluding carboxylic acids is 2. The van der Waals surface area contributed by atoms with E-state index in [1.54, 1.807) is 4.90 Å². The van der Waals surface area contributed by atoms with Gasteiger partial charge in [-0.3, -0.25) is 9.59 Å². The smallest absolute Gasteiger partial charge is 0.243 e. The minimum absolute atomic E-state index is 0.0252. The molecule has 1 fully saturated rings. The predicted molar refractivity (Wildman–Crippen MR) is 110 cm³/mol. The molecule has 0 spiro atoms. The third kappa shape index (κ3) is 4.20. The van der Waals surface area contributed by atoms with E-state index in [-0.39, 0.29) is 23.6 Å². The molecule has 28 heavy (non-hydrogen) atoms. The summed E-state index contributed by atoms with van der Waals surface area (Å²) in [6, 6.07) is 17.2. The number of nitrogens with one attached hydrogen (secondary N) is 2. The Morgan fingerprint density at radius 1 is 1.14 bits per heavy atom. The number of rotatable bonds is 6. The fourth-order valence-electron chi connectivity index (χ4n) is 3.45. The highest BCUT2D eigenvalue weighted by molar-refractivity contribution is 7.99. The van der Waals surface area contributed by atoms with E-state index in [9.17, 15) is 9.59 Å². The first-order chi connectivity index (χ1) is 13.7. The highest BCUT2D eigenvalue weighted by Gasteiger charge is 2.33. The first kappa shape index (κ1) is 18.6. The van der Waals surface area contributed by atoms with Gasteiger partial charge in [0.2, 0.25) is 11.8 Å². The summed E-state index contributed by atoms with van der Waals surface area (Å²) in [5, 5.41) is 3.68. The highest BCUT2D eigenvalue weighted by atomic mass is 32.2. The SMILES string of the molecule is O=C(NCc1ccccc1)[C@@H]1CCCN1C(=O)CSc1nc2ccccc2[nH]1. The van der Waals surface area contributed by atoms with Crippen molar-refractivity contribution in [3.8, 4) is 0 Å². The quantitative estimate of drug-likeness (QED) is 0.630. The summed E-state index contributed by atoms with van der Waals surface area (Å²) in [4.78, 5) is 34.7. The number of amides is 2. The second-order valence-corrected chi connectivity index (χ2v) is 7.76. The summed E-state index contributed by atoms with van der Waals surface area (Å²) in [6.45, 7) is 1.11. The molecule has 0 aliphatic carbocycles. The van der Waals surface area contributed by atoms with E-state index >= 15 is 0 Å². The minimum atomic E-state index is -0.382. The molecule has 1 aliphatic rings. The average Bonchev–Trinajstić information content (AvgIpc) is 3.38. The topological polar surface area (TPSA) is 78.1 Å². The van der Waals surface area contributed by atoms with Crippen LogP contribution in [0.1, 0.15) is 18.4 Å². The first-order valence-corrected chi connectivity index (χ1v) is 10.4. The maximum atomic E-state index is 12.7. The Kier molecular flexibility index (Phi) is 5.62. The van der Waals surface area contributed by atoms with Crippen molar-refractivity contribution >= 4 is 34.6 Å². The van der Waals surface area contributed by atoms with Crippen LogP contribution in [0.25, 0.3) is 11.0 Å². The fraction of sp³-hybridized carbons (Fsp3) is 0.286. The van der Waals surface area contributed by atoms with Crippen LogP contribution in [0.3, 0.4) is 0 Å². The standard InChI is InChI=1S/C21H22N4O2S/c26-19(14-28-21-23-16-9-4-5-10-17(16)24-21)25-12-6-11-18(25)20(27)22-13-15-7-2-1-3-8-15/h1-5,7-10,18H,6,11-14H2,(H,22,27)(H,23,24)/t18-/m0/s1. The van der Waals surface area contributed by atoms with E-state index in [2.05, 4.69) is 15.3 Å². The zero-order chi connectivity index (χ0) is 19.3. The zero-order valence-electron chi connectivity index (χ0n) is 15.4. The number of imidazole rings is 1. The van der Waals surface area contributed by atoms with Gasteiger partial charge in [0.1, 0.15) is 6.04 Å². The number of likely N-dealkylation sites (tertiary alicyclic amines) is 1. The number of thioether (sulfide) groups is 1. The van der Waals surface area contributed by atoms with Crippen LogP contribution in [-0.4, -0.2) is 45.0 Å². The van der Waals surface area contributed by atoms with Crippen molar-refractivity contribution < 1.29 is 9.59 Å². The number of fused-ring (bicyclic) bond motifs is 1. The van der Waals surface area contributed by atoms with Crippen LogP contribution in [0, 0.1) is 0 Å². The van der Waals surface area contributed by atoms with Crippen molar-refractivity contribution in [1.82, 2.24) is 20.2 Å². The Hall–Kier alpha value is -2.80. The van der Waals surface area contributed by atoms with Crippen molar-refractivity contribution in [2.24, 2.45) is 0 Å². The van der Waals surface area contributed by atoms with Crippen molar-refractivity contribution in [1.29, 1.82) is 0 Å². The molecule has 3 aromatic rings. The molecule has 0 bridgehead atoms. The van der Waals surface area contributed by atoms with E-state index in [1.807, 2.05) is 54.6 Å². The first-order valence-electron chi connectivity index (χ1n) is 9.39. The molecular weight excluding hydrogens is 372 g/mol. The Morgan fingerprint density at radius 2 is 1.93 bits per heavy atom. The van der Waals surface area contributed by atoms with Crippen LogP contribution in [0.4, 0.5) is 0 Å². The lowest BCUT2D eigenvalue weighted by Gasteiger charge is -2.23. The minimum Gasteiger partial charge on any atom is -0.350 e. The van der Waals surface area contributed by atoms with Crippen LogP contribution >= 0.6 is 11.8 Å². The Labute approximate surface area is 167 Å². The number of nitrogens with zero attached hydrogens (tertiary/aromatic N) is 2. The van der Waals surface area contributed by atoms with Gasteiger partial charge in [0.25, 0.3) is 0 Å². The third-order valence-corrected chi connectivity index (χ3v) is 5.74. The third-order valence-electron chi connectivity index (χ3n) is 4.89. The average molecular weight is 394 g/mol. The van der Waals surface area contributed by atoms with Gasteiger partial charge in [-0.05, 0) is 30.5 Å². The normalized spacial score (nSPS) is 16.4. The lowest BCUT2D eigenvalue weighted by atomic mass is 10.2. The summed E-state index contributed by atoms with van der Waals surface area (Å²) >= 11 is 1.38. The van der Waals surface area contributed by atoms with Crippen molar-refractivity contribution in [3.63, 3.8) is 0 Å². The van der Waals surface area contributed by atoms with E-state index in [0.29, 0.717) is 19.5 Å². The van der Waals surface area contributed by atoms with Gasteiger partial charge in [-0.15, -0.1) is 0 Å². The number of carbonyl (C=O) groups is 2. The molecule has 0 saturated carbocycles. The molecule has 1 saturated heterocycles. The number of hydrogen-bond acceptors (Lipinski definition) is 4. The fourth-order valence-corrected chi connectivity index (χ4v) is 4.22. The lowest BCUT2D eigenvalue weighted by molar-refractivity contribution is -0.136. The lowest BCUT2D eigenvalue weighted by Crippen LogP contribution is -2.46. The molecule has 1 aliphatic heterocycles. The molecule has 1 atom stereocenters. The molecule has 1 aromatic heterocycles. The summed E-state index contributed by atoms with van der Waals surface area (Å²) in [5.74, 6) is 0.161. The van der Waals surface area contributed by atoms with E-state index < -0.39 is 0 Å². The van der Waals surface area contributed by atoms with Crippen molar-refractivity contribution in [3.05, 3.63) is 60.2 Å². The van der Waals surface area contributed by atoms with Gasteiger partial charge < -0.3 is 15.2 Å². The van der Waals surface area contributed by atoms with Crippen molar-refractivity contribution in [2.45, 2.75) is 30.6 Å². The van der Waals surface area contributed by atoms with Gasteiger partial charge in [-0.1, -0.05) is 54.2 Å². The molecule has 7 heteroatoms. The maximum Gasteiger partial charge on any atom is 0.243 e. The van der Waals surface area contributed by atoms with Crippen LogP contribution in [0.5, 0.6) is 0 Å². The molecule has 2 amide bonds. The summed E-state index contributed by atoms with van der Waals surface area (Å²) < 4.78 is 0. The van der Waals surface area contributed by atoms with Gasteiger partial charge in [0, 0.05) is 13.1 Å². The van der Waals surface area contributed by atoms with E-state index in [1.165, 1.54) is 11.8 Å². The molecule has 6 nitrogen and oxygen atoms in total. The molecule has 2 heterocycles. The van der Waals surface area contributed by atoms with Gasteiger partial charge in [-0.25, -0.2) is 4.98 Å². The van der Waals surface area contributed by atoms with Gasteiger partial charge >= 0.3 is 0 Å². The van der Waals surface area contributed by atoms with Crippen LogP contribution in [-0.2, 0) is 16.1 Å². The number of aromatic nitrogens is 2. The Bertz CT molecular complexity index is 940. The molecule has 2 aromatic carbocycles. The number of para-hydroxylation sites is 2. The molecule has 0 radical (unpaired) electrons. The molecule has 4 rings (SSSR count). The van der Waals surface area contributed by atoms with Gasteiger partial charge in [0.15, 0.2) is 5.16 Å². The monoisotopic (exact) mass is 394 g/mol. The molecule has 0 unspecified atom stereocenters. The van der Waals surface area contributed by atoms with Crippen LogP contribution < -0.4 is 5.32 Å². The summed E-state index contributed by atoms with van der Waals surface area (Å²) in [7, 11) is 0. The van der Waals surface area contributed by atoms with Crippen LogP contribution in [0.2, 0.25) is 0 Å². The van der Waals surface area contributed by atoms with E-state index in [0.717, 1.165) is 28.2 Å². The van der Waals surface area contributed by atoms with Gasteiger partial charge in [0.05, 0.1) is 16.8 Å². The largest absolute Gasteiger partial charge is 0.350 e. The van der Waals surface area contributed by atoms with Gasteiger partial charge in [-0.2, -0.15) is 0 Å². The summed E-state index contributed by atoms with van der Waals surface area (Å²) in [6.07, 6.45) is 1.56. The Morgan fingerprint density at radius 3 is 2.75 bits per heavy atom. The maximum absolute atomic E-state index is 12.7. The second kappa shape index (κ2) is 8.48. The highest BCUT2D eigenvalue weighted by Crippen LogP contribution is 2.23. The molecule has 2 N–H and O–H groups in total. The van der Waals surface area contributed by atoms with Crippen molar-refractivity contribution in [2.75, 3.05) is 12.3 Å².